The molecule has 3 rings (SSSR count). The van der Waals surface area contributed by atoms with Crippen LogP contribution in [-0.4, -0.2) is 102 Å². The molecule has 3 aliphatic heterocycles. The highest BCUT2D eigenvalue weighted by atomic mass is 16.8. The summed E-state index contributed by atoms with van der Waals surface area (Å²) < 4.78 is 50.7. The highest BCUT2D eigenvalue weighted by molar-refractivity contribution is 5.78. The van der Waals surface area contributed by atoms with Crippen molar-refractivity contribution in [3.63, 3.8) is 0 Å². The molecular weight excluding hydrogens is 376 g/mol. The van der Waals surface area contributed by atoms with E-state index in [4.69, 9.17) is 42.6 Å². The van der Waals surface area contributed by atoms with Crippen molar-refractivity contribution in [1.82, 2.24) is 0 Å². The fourth-order valence-corrected chi connectivity index (χ4v) is 3.96. The van der Waals surface area contributed by atoms with Gasteiger partial charge >= 0.3 is 5.97 Å². The number of hydrogen-bond acceptors (Lipinski definition) is 10. The van der Waals surface area contributed by atoms with E-state index in [-0.39, 0.29) is 6.61 Å². The molecule has 162 valence electrons. The second-order valence-electron chi connectivity index (χ2n) is 7.43. The van der Waals surface area contributed by atoms with Crippen molar-refractivity contribution in [3.05, 3.63) is 0 Å². The first-order valence-corrected chi connectivity index (χ1v) is 9.25. The SMILES string of the molecule is COC[C@H]1O[C@@H](OC[C@H]2OC(=O)[C@@H]3OC(C)(C)O[C@H]23)[C@H](OC)[C@@H](OC)[C@@H]1OC. The molecule has 0 bridgehead atoms. The summed E-state index contributed by atoms with van der Waals surface area (Å²) in [6.07, 6.45) is -4.45. The van der Waals surface area contributed by atoms with Gasteiger partial charge in [0.2, 0.25) is 0 Å². The second-order valence-corrected chi connectivity index (χ2v) is 7.43. The number of carbonyl (C=O) groups excluding carboxylic acids is 1. The van der Waals surface area contributed by atoms with Gasteiger partial charge in [-0.2, -0.15) is 0 Å². The standard InChI is InChI=1S/C18H30O10/c1-18(2)27-12-10(25-16(19)14(12)28-18)8-24-17-15(23-6)13(22-5)11(21-4)9(26-17)7-20-3/h9-15,17H,7-8H2,1-6H3/t9-,10-,11-,12-,13+,14-,15-,17-/m1/s1. The Balaban J connectivity index is 1.67. The van der Waals surface area contributed by atoms with Gasteiger partial charge in [-0.1, -0.05) is 0 Å². The van der Waals surface area contributed by atoms with E-state index in [0.717, 1.165) is 0 Å². The molecule has 3 aliphatic rings. The van der Waals surface area contributed by atoms with E-state index in [1.54, 1.807) is 42.3 Å². The molecule has 0 N–H and O–H groups in total. The van der Waals surface area contributed by atoms with Crippen molar-refractivity contribution in [3.8, 4) is 0 Å². The van der Waals surface area contributed by atoms with Gasteiger partial charge in [0, 0.05) is 28.4 Å². The average Bonchev–Trinajstić information content (AvgIpc) is 3.13. The van der Waals surface area contributed by atoms with E-state index in [1.165, 1.54) is 0 Å². The van der Waals surface area contributed by atoms with Gasteiger partial charge in [0.25, 0.3) is 0 Å². The van der Waals surface area contributed by atoms with Crippen molar-refractivity contribution in [2.75, 3.05) is 41.7 Å². The molecule has 3 saturated heterocycles. The third-order valence-corrected chi connectivity index (χ3v) is 5.16. The van der Waals surface area contributed by atoms with Crippen molar-refractivity contribution in [1.29, 1.82) is 0 Å². The second kappa shape index (κ2) is 8.88. The first-order chi connectivity index (χ1) is 13.3. The minimum absolute atomic E-state index is 0.0602. The van der Waals surface area contributed by atoms with Crippen LogP contribution in [0.5, 0.6) is 0 Å². The zero-order valence-corrected chi connectivity index (χ0v) is 17.1. The Hall–Kier alpha value is -0.850. The summed E-state index contributed by atoms with van der Waals surface area (Å²) in [5.41, 5.74) is 0. The first-order valence-electron chi connectivity index (χ1n) is 9.25. The molecular formula is C18H30O10. The zero-order chi connectivity index (χ0) is 20.5. The Morgan fingerprint density at radius 3 is 2.18 bits per heavy atom. The van der Waals surface area contributed by atoms with Gasteiger partial charge in [-0.05, 0) is 13.8 Å². The molecule has 0 aliphatic carbocycles. The van der Waals surface area contributed by atoms with Gasteiger partial charge in [0.05, 0.1) is 13.2 Å². The number of rotatable bonds is 8. The number of esters is 1. The summed E-state index contributed by atoms with van der Waals surface area (Å²) in [4.78, 5) is 12.1. The Bertz CT molecular complexity index is 540. The molecule has 0 spiro atoms. The lowest BCUT2D eigenvalue weighted by molar-refractivity contribution is -0.317. The molecule has 28 heavy (non-hydrogen) atoms. The highest BCUT2D eigenvalue weighted by Gasteiger charge is 2.56. The van der Waals surface area contributed by atoms with Crippen LogP contribution in [0.25, 0.3) is 0 Å². The molecule has 0 amide bonds. The number of methoxy groups -OCH3 is 4. The molecule has 10 nitrogen and oxygen atoms in total. The van der Waals surface area contributed by atoms with E-state index in [9.17, 15) is 4.79 Å². The van der Waals surface area contributed by atoms with Gasteiger partial charge in [-0.15, -0.1) is 0 Å². The van der Waals surface area contributed by atoms with E-state index in [2.05, 4.69) is 0 Å². The van der Waals surface area contributed by atoms with Gasteiger partial charge in [-0.25, -0.2) is 4.79 Å². The van der Waals surface area contributed by atoms with Crippen LogP contribution < -0.4 is 0 Å². The van der Waals surface area contributed by atoms with Crippen LogP contribution in [0.3, 0.4) is 0 Å². The van der Waals surface area contributed by atoms with E-state index < -0.39 is 60.8 Å². The summed E-state index contributed by atoms with van der Waals surface area (Å²) in [6, 6.07) is 0. The van der Waals surface area contributed by atoms with Gasteiger partial charge in [-0.3, -0.25) is 0 Å². The fraction of sp³-hybridized carbons (Fsp3) is 0.944. The molecule has 0 aromatic carbocycles. The van der Waals surface area contributed by atoms with E-state index in [1.807, 2.05) is 0 Å². The van der Waals surface area contributed by atoms with Gasteiger partial charge in [0.15, 0.2) is 24.3 Å². The maximum absolute atomic E-state index is 12.1. The van der Waals surface area contributed by atoms with Crippen LogP contribution in [-0.2, 0) is 47.4 Å². The molecule has 10 heteroatoms. The summed E-state index contributed by atoms with van der Waals surface area (Å²) >= 11 is 0. The predicted octanol–water partition coefficient (Wildman–Crippen LogP) is -0.135. The summed E-state index contributed by atoms with van der Waals surface area (Å²) in [7, 11) is 6.27. The molecule has 8 atom stereocenters. The smallest absolute Gasteiger partial charge is 0.338 e. The lowest BCUT2D eigenvalue weighted by Gasteiger charge is -2.44. The molecule has 0 aromatic heterocycles. The summed E-state index contributed by atoms with van der Waals surface area (Å²) in [6.45, 7) is 3.86. The first kappa shape index (κ1) is 21.8. The van der Waals surface area contributed by atoms with E-state index >= 15 is 0 Å². The maximum atomic E-state index is 12.1. The van der Waals surface area contributed by atoms with Crippen molar-refractivity contribution >= 4 is 5.97 Å². The normalized spacial score (nSPS) is 42.4. The van der Waals surface area contributed by atoms with Crippen LogP contribution >= 0.6 is 0 Å². The summed E-state index contributed by atoms with van der Waals surface area (Å²) in [5, 5.41) is 0. The topological polar surface area (TPSA) is 100 Å². The molecule has 3 heterocycles. The quantitative estimate of drug-likeness (QED) is 0.507. The minimum atomic E-state index is -0.847. The molecule has 3 fully saturated rings. The number of ether oxygens (including phenoxy) is 9. The lowest BCUT2D eigenvalue weighted by Crippen LogP contribution is -2.61. The van der Waals surface area contributed by atoms with Crippen LogP contribution in [0.1, 0.15) is 13.8 Å². The maximum Gasteiger partial charge on any atom is 0.338 e. The summed E-state index contributed by atoms with van der Waals surface area (Å²) in [5.74, 6) is -1.30. The van der Waals surface area contributed by atoms with Gasteiger partial charge < -0.3 is 42.6 Å². The highest BCUT2D eigenvalue weighted by Crippen LogP contribution is 2.36. The number of fused-ring (bicyclic) bond motifs is 1. The van der Waals surface area contributed by atoms with Crippen LogP contribution in [0.4, 0.5) is 0 Å². The molecule has 0 aromatic rings. The molecule has 0 radical (unpaired) electrons. The van der Waals surface area contributed by atoms with Crippen molar-refractivity contribution < 1.29 is 47.4 Å². The van der Waals surface area contributed by atoms with Crippen molar-refractivity contribution in [2.24, 2.45) is 0 Å². The Morgan fingerprint density at radius 2 is 1.57 bits per heavy atom. The van der Waals surface area contributed by atoms with Crippen LogP contribution in [0, 0.1) is 0 Å². The molecule has 0 unspecified atom stereocenters. The Kier molecular flexibility index (Phi) is 6.93. The monoisotopic (exact) mass is 406 g/mol. The van der Waals surface area contributed by atoms with Crippen LogP contribution in [0.2, 0.25) is 0 Å². The lowest BCUT2D eigenvalue weighted by atomic mass is 9.98. The minimum Gasteiger partial charge on any atom is -0.455 e. The Morgan fingerprint density at radius 1 is 0.893 bits per heavy atom. The number of hydrogen-bond donors (Lipinski definition) is 0. The molecule has 0 saturated carbocycles. The average molecular weight is 406 g/mol. The van der Waals surface area contributed by atoms with Crippen molar-refractivity contribution in [2.45, 2.75) is 68.7 Å². The zero-order valence-electron chi connectivity index (χ0n) is 17.1. The number of carbonyl (C=O) groups is 1. The van der Waals surface area contributed by atoms with Crippen LogP contribution in [0.15, 0.2) is 0 Å². The third kappa shape index (κ3) is 4.19. The van der Waals surface area contributed by atoms with E-state index in [0.29, 0.717) is 6.61 Å². The fourth-order valence-electron chi connectivity index (χ4n) is 3.96. The largest absolute Gasteiger partial charge is 0.455 e. The van der Waals surface area contributed by atoms with Gasteiger partial charge in [0.1, 0.15) is 30.5 Å². The number of cyclic esters (lactones) is 1. The third-order valence-electron chi connectivity index (χ3n) is 5.16. The predicted molar refractivity (Wildman–Crippen MR) is 92.6 cm³/mol. The Labute approximate surface area is 164 Å².